The molecule has 1 saturated heterocycles. The minimum atomic E-state index is -3.00. The molecule has 1 fully saturated rings. The Bertz CT molecular complexity index is 362. The summed E-state index contributed by atoms with van der Waals surface area (Å²) in [6, 6.07) is 0. The molecule has 0 spiro atoms. The van der Waals surface area contributed by atoms with Crippen molar-refractivity contribution >= 4 is 15.6 Å². The first-order valence-corrected chi connectivity index (χ1v) is 8.38. The van der Waals surface area contributed by atoms with Crippen LogP contribution in [0.2, 0.25) is 0 Å². The largest absolute Gasteiger partial charge is 0.381 e. The van der Waals surface area contributed by atoms with Crippen molar-refractivity contribution in [3.05, 3.63) is 0 Å². The van der Waals surface area contributed by atoms with E-state index in [9.17, 15) is 13.2 Å². The van der Waals surface area contributed by atoms with Crippen LogP contribution in [0.3, 0.4) is 0 Å². The van der Waals surface area contributed by atoms with Crippen LogP contribution in [-0.4, -0.2) is 51.6 Å². The van der Waals surface area contributed by atoms with Gasteiger partial charge in [0, 0.05) is 45.3 Å². The molecule has 0 aromatic heterocycles. The van der Waals surface area contributed by atoms with Crippen LogP contribution in [-0.2, 0) is 24.1 Å². The molecule has 106 valence electrons. The van der Waals surface area contributed by atoms with E-state index in [0.29, 0.717) is 39.1 Å². The summed E-state index contributed by atoms with van der Waals surface area (Å²) in [5, 5.41) is 0. The fourth-order valence-corrected chi connectivity index (χ4v) is 2.87. The molecule has 0 atom stereocenters. The van der Waals surface area contributed by atoms with Gasteiger partial charge in [-0.15, -0.1) is 0 Å². The molecule has 0 aliphatic carbocycles. The lowest BCUT2D eigenvalue weighted by Crippen LogP contribution is -2.46. The molecule has 1 aliphatic heterocycles. The van der Waals surface area contributed by atoms with E-state index in [0.717, 1.165) is 0 Å². The minimum Gasteiger partial charge on any atom is -0.381 e. The number of Topliss-reactive ketones (excluding diaryl/α,β-unsaturated/α-hetero) is 1. The van der Waals surface area contributed by atoms with Crippen LogP contribution in [0.5, 0.6) is 0 Å². The second kappa shape index (κ2) is 6.63. The lowest BCUT2D eigenvalue weighted by Gasteiger charge is -2.35. The Morgan fingerprint density at radius 3 is 2.44 bits per heavy atom. The summed E-state index contributed by atoms with van der Waals surface area (Å²) in [7, 11) is -3.00. The van der Waals surface area contributed by atoms with Gasteiger partial charge < -0.3 is 9.47 Å². The Morgan fingerprint density at radius 2 is 1.94 bits per heavy atom. The van der Waals surface area contributed by atoms with Crippen molar-refractivity contribution in [1.29, 1.82) is 0 Å². The second-order valence-corrected chi connectivity index (χ2v) is 6.96. The molecule has 0 radical (unpaired) electrons. The summed E-state index contributed by atoms with van der Waals surface area (Å²) < 4.78 is 33.0. The summed E-state index contributed by atoms with van der Waals surface area (Å²) in [6.45, 7) is 3.40. The highest BCUT2D eigenvalue weighted by Crippen LogP contribution is 2.28. The smallest absolute Gasteiger partial charge is 0.164 e. The Kier molecular flexibility index (Phi) is 5.75. The number of hydrogen-bond donors (Lipinski definition) is 0. The van der Waals surface area contributed by atoms with Gasteiger partial charge in [0.1, 0.15) is 15.4 Å². The maximum atomic E-state index is 12.2. The van der Waals surface area contributed by atoms with Gasteiger partial charge in [0.2, 0.25) is 0 Å². The quantitative estimate of drug-likeness (QED) is 0.694. The second-order valence-electron chi connectivity index (χ2n) is 4.70. The van der Waals surface area contributed by atoms with Gasteiger partial charge in [-0.05, 0) is 13.3 Å². The average Bonchev–Trinajstić information content (AvgIpc) is 2.29. The molecular formula is C12H22O5S. The molecule has 0 aromatic rings. The van der Waals surface area contributed by atoms with Crippen molar-refractivity contribution in [2.75, 3.05) is 31.8 Å². The molecule has 0 aromatic carbocycles. The fraction of sp³-hybridized carbons (Fsp3) is 0.917. The zero-order valence-corrected chi connectivity index (χ0v) is 11.9. The van der Waals surface area contributed by atoms with Gasteiger partial charge in [-0.2, -0.15) is 0 Å². The van der Waals surface area contributed by atoms with Crippen molar-refractivity contribution in [3.63, 3.8) is 0 Å². The summed E-state index contributed by atoms with van der Waals surface area (Å²) in [5.41, 5.74) is -0.746. The van der Waals surface area contributed by atoms with E-state index in [1.165, 1.54) is 6.26 Å². The number of rotatable bonds is 7. The van der Waals surface area contributed by atoms with Crippen molar-refractivity contribution < 1.29 is 22.7 Å². The predicted molar refractivity (Wildman–Crippen MR) is 68.4 cm³/mol. The van der Waals surface area contributed by atoms with Crippen LogP contribution < -0.4 is 0 Å². The normalized spacial score (nSPS) is 19.7. The lowest BCUT2D eigenvalue weighted by atomic mass is 9.87. The van der Waals surface area contributed by atoms with Crippen LogP contribution in [0.1, 0.15) is 32.6 Å². The van der Waals surface area contributed by atoms with Gasteiger partial charge in [0.05, 0.1) is 5.75 Å². The number of sulfone groups is 1. The van der Waals surface area contributed by atoms with E-state index in [-0.39, 0.29) is 18.0 Å². The number of ketones is 1. The van der Waals surface area contributed by atoms with Gasteiger partial charge in [-0.1, -0.05) is 0 Å². The topological polar surface area (TPSA) is 69.7 Å². The molecule has 0 amide bonds. The Hall–Kier alpha value is -0.460. The van der Waals surface area contributed by atoms with Gasteiger partial charge in [-0.3, -0.25) is 4.79 Å². The summed E-state index contributed by atoms with van der Waals surface area (Å²) in [4.78, 5) is 12.2. The fourth-order valence-electron chi connectivity index (χ4n) is 2.20. The van der Waals surface area contributed by atoms with Gasteiger partial charge >= 0.3 is 0 Å². The Balaban J connectivity index is 2.54. The standard InChI is InChI=1S/C12H22O5S/c1-3-17-12(6-8-16-9-7-12)11(13)5-4-10-18(2,14)15/h3-10H2,1-2H3. The number of ether oxygens (including phenoxy) is 2. The van der Waals surface area contributed by atoms with Crippen LogP contribution in [0.25, 0.3) is 0 Å². The summed E-state index contributed by atoms with van der Waals surface area (Å²) in [5.74, 6) is 0.0635. The third kappa shape index (κ3) is 4.66. The average molecular weight is 278 g/mol. The van der Waals surface area contributed by atoms with Crippen LogP contribution >= 0.6 is 0 Å². The van der Waals surface area contributed by atoms with E-state index in [2.05, 4.69) is 0 Å². The molecule has 0 saturated carbocycles. The SMILES string of the molecule is CCOC1(C(=O)CCCS(C)(=O)=O)CCOCC1. The minimum absolute atomic E-state index is 0.0105. The van der Waals surface area contributed by atoms with E-state index in [4.69, 9.17) is 9.47 Å². The maximum absolute atomic E-state index is 12.2. The maximum Gasteiger partial charge on any atom is 0.164 e. The van der Waals surface area contributed by atoms with E-state index in [1.54, 1.807) is 0 Å². The number of hydrogen-bond acceptors (Lipinski definition) is 5. The van der Waals surface area contributed by atoms with Crippen LogP contribution in [0, 0.1) is 0 Å². The predicted octanol–water partition coefficient (Wildman–Crippen LogP) is 0.966. The van der Waals surface area contributed by atoms with Crippen molar-refractivity contribution in [3.8, 4) is 0 Å². The third-order valence-electron chi connectivity index (χ3n) is 3.15. The molecule has 1 heterocycles. The van der Waals surface area contributed by atoms with Crippen LogP contribution in [0.4, 0.5) is 0 Å². The molecule has 0 bridgehead atoms. The summed E-state index contributed by atoms with van der Waals surface area (Å²) in [6.07, 6.45) is 2.95. The number of carbonyl (C=O) groups excluding carboxylic acids is 1. The highest BCUT2D eigenvalue weighted by atomic mass is 32.2. The molecule has 0 N–H and O–H groups in total. The van der Waals surface area contributed by atoms with Crippen molar-refractivity contribution in [2.45, 2.75) is 38.2 Å². The highest BCUT2D eigenvalue weighted by Gasteiger charge is 2.39. The molecule has 18 heavy (non-hydrogen) atoms. The van der Waals surface area contributed by atoms with E-state index >= 15 is 0 Å². The zero-order chi connectivity index (χ0) is 13.6. The lowest BCUT2D eigenvalue weighted by molar-refractivity contribution is -0.157. The first kappa shape index (κ1) is 15.6. The zero-order valence-electron chi connectivity index (χ0n) is 11.1. The van der Waals surface area contributed by atoms with Gasteiger partial charge in [-0.25, -0.2) is 8.42 Å². The Morgan fingerprint density at radius 1 is 1.33 bits per heavy atom. The molecular weight excluding hydrogens is 256 g/mol. The molecule has 6 heteroatoms. The number of carbonyl (C=O) groups is 1. The molecule has 0 unspecified atom stereocenters. The Labute approximate surface area is 109 Å². The van der Waals surface area contributed by atoms with Crippen molar-refractivity contribution in [1.82, 2.24) is 0 Å². The van der Waals surface area contributed by atoms with Crippen LogP contribution in [0.15, 0.2) is 0 Å². The monoisotopic (exact) mass is 278 g/mol. The van der Waals surface area contributed by atoms with E-state index in [1.807, 2.05) is 6.92 Å². The van der Waals surface area contributed by atoms with Crippen molar-refractivity contribution in [2.24, 2.45) is 0 Å². The summed E-state index contributed by atoms with van der Waals surface area (Å²) >= 11 is 0. The third-order valence-corrected chi connectivity index (χ3v) is 4.18. The van der Waals surface area contributed by atoms with E-state index < -0.39 is 15.4 Å². The first-order chi connectivity index (χ1) is 8.40. The first-order valence-electron chi connectivity index (χ1n) is 6.32. The molecule has 1 aliphatic rings. The molecule has 1 rings (SSSR count). The molecule has 5 nitrogen and oxygen atoms in total. The van der Waals surface area contributed by atoms with Gasteiger partial charge in [0.25, 0.3) is 0 Å². The highest BCUT2D eigenvalue weighted by molar-refractivity contribution is 7.90. The van der Waals surface area contributed by atoms with Gasteiger partial charge in [0.15, 0.2) is 5.78 Å².